The fourth-order valence-corrected chi connectivity index (χ4v) is 4.32. The molecule has 0 N–H and O–H groups in total. The first-order valence-electron chi connectivity index (χ1n) is 8.46. The third-order valence-corrected chi connectivity index (χ3v) is 5.84. The van der Waals surface area contributed by atoms with Crippen LogP contribution in [-0.2, 0) is 6.61 Å². The fourth-order valence-electron chi connectivity index (χ4n) is 3.49. The first-order valence-corrected chi connectivity index (χ1v) is 9.54. The molecule has 4 rings (SSSR count). The van der Waals surface area contributed by atoms with Crippen molar-refractivity contribution in [2.45, 2.75) is 19.4 Å². The summed E-state index contributed by atoms with van der Waals surface area (Å²) in [5.41, 5.74) is 6.62. The topological polar surface area (TPSA) is 9.23 Å². The van der Waals surface area contributed by atoms with E-state index >= 15 is 0 Å². The average molecular weight is 438 g/mol. The number of hydrogen-bond acceptors (Lipinski definition) is 1. The Morgan fingerprint density at radius 2 is 1.56 bits per heavy atom. The molecule has 1 nitrogen and oxygen atoms in total. The summed E-state index contributed by atoms with van der Waals surface area (Å²) in [5.74, 6) is 1.28. The molecule has 0 aromatic heterocycles. The maximum atomic E-state index is 6.12. The van der Waals surface area contributed by atoms with Gasteiger partial charge in [-0.25, -0.2) is 0 Å². The molecule has 124 valence electrons. The summed E-state index contributed by atoms with van der Waals surface area (Å²) in [5, 5.41) is 0. The lowest BCUT2D eigenvalue weighted by Crippen LogP contribution is -2.04. The smallest absolute Gasteiger partial charge is 0.133 e. The normalized spacial score (nSPS) is 15.6. The summed E-state index contributed by atoms with van der Waals surface area (Å²) in [6.45, 7) is 2.81. The second-order valence-corrected chi connectivity index (χ2v) is 7.46. The summed E-state index contributed by atoms with van der Waals surface area (Å²) in [6.07, 6.45) is 2.30. The van der Waals surface area contributed by atoms with Gasteiger partial charge in [-0.2, -0.15) is 0 Å². The van der Waals surface area contributed by atoms with Gasteiger partial charge in [0.25, 0.3) is 0 Å². The Balaban J connectivity index is 1.65. The van der Waals surface area contributed by atoms with Crippen LogP contribution < -0.4 is 4.74 Å². The zero-order valence-electron chi connectivity index (χ0n) is 14.1. The third-order valence-electron chi connectivity index (χ3n) is 4.69. The van der Waals surface area contributed by atoms with Crippen molar-refractivity contribution >= 4 is 28.7 Å². The van der Waals surface area contributed by atoms with Crippen molar-refractivity contribution in [2.75, 3.05) is 0 Å². The van der Waals surface area contributed by atoms with Crippen LogP contribution >= 0.6 is 22.6 Å². The van der Waals surface area contributed by atoms with Gasteiger partial charge in [-0.15, -0.1) is 0 Å². The monoisotopic (exact) mass is 438 g/mol. The van der Waals surface area contributed by atoms with Gasteiger partial charge in [-0.3, -0.25) is 0 Å². The highest BCUT2D eigenvalue weighted by molar-refractivity contribution is 14.1. The molecule has 0 spiro atoms. The molecule has 25 heavy (non-hydrogen) atoms. The number of ether oxygens (including phenoxy) is 1. The largest absolute Gasteiger partial charge is 0.488 e. The maximum absolute atomic E-state index is 6.12. The molecular formula is C23H19IO. The second kappa shape index (κ2) is 7.04. The van der Waals surface area contributed by atoms with Gasteiger partial charge in [0.15, 0.2) is 0 Å². The predicted molar refractivity (Wildman–Crippen MR) is 112 cm³/mol. The van der Waals surface area contributed by atoms with Crippen molar-refractivity contribution in [3.63, 3.8) is 0 Å². The molecule has 0 heterocycles. The minimum absolute atomic E-state index is 0.323. The zero-order chi connectivity index (χ0) is 17.2. The second-order valence-electron chi connectivity index (χ2n) is 6.38. The summed E-state index contributed by atoms with van der Waals surface area (Å²) < 4.78 is 7.32. The lowest BCUT2D eigenvalue weighted by atomic mass is 9.89. The van der Waals surface area contributed by atoms with Crippen molar-refractivity contribution in [1.82, 2.24) is 0 Å². The number of hydrogen-bond donors (Lipinski definition) is 0. The highest BCUT2D eigenvalue weighted by atomic mass is 127. The highest BCUT2D eigenvalue weighted by Gasteiger charge is 2.26. The molecule has 0 saturated heterocycles. The third kappa shape index (κ3) is 3.23. The maximum Gasteiger partial charge on any atom is 0.133 e. The molecule has 1 unspecified atom stereocenters. The number of benzene rings is 3. The molecule has 0 saturated carbocycles. The van der Waals surface area contributed by atoms with Crippen LogP contribution in [-0.4, -0.2) is 0 Å². The molecule has 1 atom stereocenters. The van der Waals surface area contributed by atoms with E-state index in [9.17, 15) is 0 Å². The lowest BCUT2D eigenvalue weighted by molar-refractivity contribution is 0.303. The van der Waals surface area contributed by atoms with Crippen LogP contribution in [0.15, 0.2) is 78.4 Å². The number of fused-ring (bicyclic) bond motifs is 1. The number of halogens is 1. The summed E-state index contributed by atoms with van der Waals surface area (Å²) in [6, 6.07) is 25.4. The molecule has 2 heteroatoms. The predicted octanol–water partition coefficient (Wildman–Crippen LogP) is 6.42. The van der Waals surface area contributed by atoms with E-state index < -0.39 is 0 Å². The molecule has 1 aliphatic carbocycles. The Kier molecular flexibility index (Phi) is 4.62. The zero-order valence-corrected chi connectivity index (χ0v) is 16.2. The molecule has 1 aliphatic rings. The van der Waals surface area contributed by atoms with Crippen LogP contribution in [0.3, 0.4) is 0 Å². The van der Waals surface area contributed by atoms with Crippen LogP contribution in [0.2, 0.25) is 0 Å². The minimum Gasteiger partial charge on any atom is -0.488 e. The van der Waals surface area contributed by atoms with Gasteiger partial charge < -0.3 is 4.74 Å². The van der Waals surface area contributed by atoms with E-state index in [1.807, 2.05) is 18.2 Å². The van der Waals surface area contributed by atoms with E-state index in [-0.39, 0.29) is 0 Å². The first-order chi connectivity index (χ1) is 12.2. The van der Waals surface area contributed by atoms with Crippen LogP contribution in [0.1, 0.15) is 35.1 Å². The Morgan fingerprint density at radius 1 is 0.840 bits per heavy atom. The molecule has 0 fully saturated rings. The summed E-state index contributed by atoms with van der Waals surface area (Å²) in [7, 11) is 0. The number of allylic oxidation sites excluding steroid dienone is 1. The lowest BCUT2D eigenvalue weighted by Gasteiger charge is -2.19. The van der Waals surface area contributed by atoms with Gasteiger partial charge in [0.05, 0.1) is 3.57 Å². The fraction of sp³-hybridized carbons (Fsp3) is 0.130. The number of rotatable bonds is 4. The van der Waals surface area contributed by atoms with E-state index in [1.165, 1.54) is 31.4 Å². The van der Waals surface area contributed by atoms with E-state index in [0.29, 0.717) is 12.5 Å². The van der Waals surface area contributed by atoms with E-state index in [0.717, 1.165) is 5.75 Å². The van der Waals surface area contributed by atoms with Gasteiger partial charge in [0, 0.05) is 5.92 Å². The minimum atomic E-state index is 0.323. The van der Waals surface area contributed by atoms with Crippen LogP contribution in [0, 0.1) is 3.57 Å². The van der Waals surface area contributed by atoms with Crippen molar-refractivity contribution < 1.29 is 4.74 Å². The van der Waals surface area contributed by atoms with E-state index in [1.54, 1.807) is 0 Å². The van der Waals surface area contributed by atoms with Crippen LogP contribution in [0.5, 0.6) is 5.75 Å². The standard InChI is InChI=1S/C23H19IO/c1-16-14-18-10-5-6-11-19(18)22(16)20-12-7-13-21(23(20)24)25-15-17-8-3-2-4-9-17/h2-14,22H,15H2,1H3. The SMILES string of the molecule is CC1=Cc2ccccc2C1c1cccc(OCc2ccccc2)c1I. The molecular weight excluding hydrogens is 419 g/mol. The van der Waals surface area contributed by atoms with E-state index in [2.05, 4.69) is 90.2 Å². The first kappa shape index (κ1) is 16.4. The molecule has 0 radical (unpaired) electrons. The molecule has 0 amide bonds. The average Bonchev–Trinajstić information content (AvgIpc) is 2.97. The Morgan fingerprint density at radius 3 is 2.40 bits per heavy atom. The van der Waals surface area contributed by atoms with Gasteiger partial charge in [0.1, 0.15) is 12.4 Å². The van der Waals surface area contributed by atoms with E-state index in [4.69, 9.17) is 4.74 Å². The van der Waals surface area contributed by atoms with Gasteiger partial charge in [-0.1, -0.05) is 78.4 Å². The molecule has 0 bridgehead atoms. The Bertz CT molecular complexity index is 928. The summed E-state index contributed by atoms with van der Waals surface area (Å²) in [4.78, 5) is 0. The highest BCUT2D eigenvalue weighted by Crippen LogP contribution is 2.43. The van der Waals surface area contributed by atoms with Crippen molar-refractivity contribution in [1.29, 1.82) is 0 Å². The van der Waals surface area contributed by atoms with Crippen molar-refractivity contribution in [2.24, 2.45) is 0 Å². The molecule has 0 aliphatic heterocycles. The van der Waals surface area contributed by atoms with Gasteiger partial charge in [0.2, 0.25) is 0 Å². The van der Waals surface area contributed by atoms with Crippen molar-refractivity contribution in [3.05, 3.63) is 104 Å². The Hall–Kier alpha value is -2.07. The molecule has 3 aromatic carbocycles. The van der Waals surface area contributed by atoms with Crippen LogP contribution in [0.25, 0.3) is 6.08 Å². The van der Waals surface area contributed by atoms with Crippen molar-refractivity contribution in [3.8, 4) is 5.75 Å². The quantitative estimate of drug-likeness (QED) is 0.428. The van der Waals surface area contributed by atoms with Gasteiger partial charge >= 0.3 is 0 Å². The molecule has 3 aromatic rings. The van der Waals surface area contributed by atoms with Crippen LogP contribution in [0.4, 0.5) is 0 Å². The Labute approximate surface area is 162 Å². The van der Waals surface area contributed by atoms with Gasteiger partial charge in [-0.05, 0) is 57.8 Å². The summed E-state index contributed by atoms with van der Waals surface area (Å²) >= 11 is 2.43.